The Balaban J connectivity index is 1.57. The van der Waals surface area contributed by atoms with Crippen LogP contribution >= 0.6 is 0 Å². The SMILES string of the molecule is Cc1cnc(C(=O)N[C@@H]2CCC[C@@H]2C(=O)NCc2cccc(F)c2)cn1. The lowest BCUT2D eigenvalue weighted by Gasteiger charge is -2.20. The molecule has 1 fully saturated rings. The second kappa shape index (κ2) is 8.03. The zero-order valence-corrected chi connectivity index (χ0v) is 14.5. The largest absolute Gasteiger partial charge is 0.352 e. The molecule has 1 aliphatic rings. The lowest BCUT2D eigenvalue weighted by atomic mass is 10.0. The Morgan fingerprint density at radius 2 is 2.08 bits per heavy atom. The Morgan fingerprint density at radius 3 is 2.81 bits per heavy atom. The fourth-order valence-electron chi connectivity index (χ4n) is 3.17. The molecule has 0 unspecified atom stereocenters. The van der Waals surface area contributed by atoms with E-state index in [9.17, 15) is 14.0 Å². The number of amides is 2. The van der Waals surface area contributed by atoms with Crippen LogP contribution in [0.4, 0.5) is 4.39 Å². The van der Waals surface area contributed by atoms with Crippen LogP contribution in [0.1, 0.15) is 41.0 Å². The van der Waals surface area contributed by atoms with Crippen molar-refractivity contribution in [3.8, 4) is 0 Å². The molecule has 6 nitrogen and oxygen atoms in total. The summed E-state index contributed by atoms with van der Waals surface area (Å²) < 4.78 is 13.2. The van der Waals surface area contributed by atoms with Gasteiger partial charge >= 0.3 is 0 Å². The highest BCUT2D eigenvalue weighted by Crippen LogP contribution is 2.26. The van der Waals surface area contributed by atoms with E-state index < -0.39 is 0 Å². The lowest BCUT2D eigenvalue weighted by molar-refractivity contribution is -0.125. The van der Waals surface area contributed by atoms with Gasteiger partial charge in [0, 0.05) is 18.8 Å². The molecule has 2 amide bonds. The summed E-state index contributed by atoms with van der Waals surface area (Å²) in [5.41, 5.74) is 1.67. The van der Waals surface area contributed by atoms with Gasteiger partial charge in [0.1, 0.15) is 11.5 Å². The van der Waals surface area contributed by atoms with Crippen molar-refractivity contribution in [3.63, 3.8) is 0 Å². The fraction of sp³-hybridized carbons (Fsp3) is 0.368. The number of hydrogen-bond acceptors (Lipinski definition) is 4. The Bertz CT molecular complexity index is 794. The van der Waals surface area contributed by atoms with Crippen LogP contribution in [0, 0.1) is 18.7 Å². The molecule has 1 aromatic heterocycles. The number of benzene rings is 1. The molecule has 1 aliphatic carbocycles. The number of aryl methyl sites for hydroxylation is 1. The molecule has 136 valence electrons. The molecule has 0 spiro atoms. The quantitative estimate of drug-likeness (QED) is 0.860. The van der Waals surface area contributed by atoms with Crippen LogP contribution in [-0.2, 0) is 11.3 Å². The molecular weight excluding hydrogens is 335 g/mol. The van der Waals surface area contributed by atoms with Gasteiger partial charge in [0.25, 0.3) is 5.91 Å². The van der Waals surface area contributed by atoms with Crippen molar-refractivity contribution in [3.05, 3.63) is 59.4 Å². The minimum Gasteiger partial charge on any atom is -0.352 e. The molecule has 26 heavy (non-hydrogen) atoms. The van der Waals surface area contributed by atoms with E-state index in [1.165, 1.54) is 24.5 Å². The van der Waals surface area contributed by atoms with Crippen molar-refractivity contribution in [2.24, 2.45) is 5.92 Å². The number of nitrogens with one attached hydrogen (secondary N) is 2. The number of carbonyl (C=O) groups is 2. The van der Waals surface area contributed by atoms with Crippen molar-refractivity contribution in [2.45, 2.75) is 38.8 Å². The minimum absolute atomic E-state index is 0.132. The molecule has 1 saturated carbocycles. The van der Waals surface area contributed by atoms with Crippen molar-refractivity contribution < 1.29 is 14.0 Å². The Hall–Kier alpha value is -2.83. The summed E-state index contributed by atoms with van der Waals surface area (Å²) >= 11 is 0. The zero-order valence-electron chi connectivity index (χ0n) is 14.5. The predicted molar refractivity (Wildman–Crippen MR) is 93.6 cm³/mol. The van der Waals surface area contributed by atoms with Gasteiger partial charge in [-0.25, -0.2) is 9.37 Å². The number of carbonyl (C=O) groups excluding carboxylic acids is 2. The molecule has 2 N–H and O–H groups in total. The van der Waals surface area contributed by atoms with Crippen molar-refractivity contribution in [1.82, 2.24) is 20.6 Å². The van der Waals surface area contributed by atoms with Crippen LogP contribution in [0.3, 0.4) is 0 Å². The molecule has 7 heteroatoms. The van der Waals surface area contributed by atoms with E-state index in [2.05, 4.69) is 20.6 Å². The van der Waals surface area contributed by atoms with Crippen molar-refractivity contribution in [2.75, 3.05) is 0 Å². The first kappa shape index (κ1) is 18.0. The van der Waals surface area contributed by atoms with E-state index in [0.29, 0.717) is 12.0 Å². The van der Waals surface area contributed by atoms with E-state index in [4.69, 9.17) is 0 Å². The van der Waals surface area contributed by atoms with Gasteiger partial charge in [-0.1, -0.05) is 18.6 Å². The summed E-state index contributed by atoms with van der Waals surface area (Å²) in [7, 11) is 0. The van der Waals surface area contributed by atoms with Gasteiger partial charge in [-0.3, -0.25) is 14.6 Å². The van der Waals surface area contributed by atoms with Gasteiger partial charge in [-0.05, 0) is 37.5 Å². The summed E-state index contributed by atoms with van der Waals surface area (Å²) in [6.45, 7) is 2.06. The number of hydrogen-bond donors (Lipinski definition) is 2. The van der Waals surface area contributed by atoms with E-state index in [1.807, 2.05) is 0 Å². The maximum absolute atomic E-state index is 13.2. The minimum atomic E-state index is -0.332. The van der Waals surface area contributed by atoms with Crippen LogP contribution in [0.15, 0.2) is 36.7 Å². The normalized spacial score (nSPS) is 19.2. The van der Waals surface area contributed by atoms with E-state index in [0.717, 1.165) is 18.5 Å². The van der Waals surface area contributed by atoms with Gasteiger partial charge in [-0.15, -0.1) is 0 Å². The number of rotatable bonds is 5. The second-order valence-electron chi connectivity index (χ2n) is 6.51. The van der Waals surface area contributed by atoms with Crippen LogP contribution in [-0.4, -0.2) is 27.8 Å². The first-order valence-electron chi connectivity index (χ1n) is 8.64. The number of halogens is 1. The van der Waals surface area contributed by atoms with Crippen molar-refractivity contribution >= 4 is 11.8 Å². The Labute approximate surface area is 151 Å². The Morgan fingerprint density at radius 1 is 1.23 bits per heavy atom. The maximum Gasteiger partial charge on any atom is 0.271 e. The summed E-state index contributed by atoms with van der Waals surface area (Å²) in [4.78, 5) is 32.9. The van der Waals surface area contributed by atoms with Gasteiger partial charge < -0.3 is 10.6 Å². The molecule has 0 radical (unpaired) electrons. The molecule has 1 heterocycles. The fourth-order valence-corrected chi connectivity index (χ4v) is 3.17. The molecule has 3 rings (SSSR count). The summed E-state index contributed by atoms with van der Waals surface area (Å²) in [6, 6.07) is 5.88. The third-order valence-corrected chi connectivity index (χ3v) is 4.54. The predicted octanol–water partition coefficient (Wildman–Crippen LogP) is 2.14. The van der Waals surface area contributed by atoms with Gasteiger partial charge in [0.15, 0.2) is 0 Å². The first-order valence-corrected chi connectivity index (χ1v) is 8.64. The molecule has 2 atom stereocenters. The molecule has 0 aliphatic heterocycles. The topological polar surface area (TPSA) is 84.0 Å². The molecule has 2 aromatic rings. The summed E-state index contributed by atoms with van der Waals surface area (Å²) in [5, 5.41) is 5.72. The van der Waals surface area contributed by atoms with E-state index in [1.54, 1.807) is 19.1 Å². The number of nitrogens with zero attached hydrogens (tertiary/aromatic N) is 2. The zero-order chi connectivity index (χ0) is 18.5. The standard InChI is InChI=1S/C19H21FN4O2/c1-12-9-22-17(11-21-12)19(26)24-16-7-3-6-15(16)18(25)23-10-13-4-2-5-14(20)8-13/h2,4-5,8-9,11,15-16H,3,6-7,10H2,1H3,(H,23,25)(H,24,26)/t15-,16+/m0/s1. The van der Waals surface area contributed by atoms with Crippen LogP contribution in [0.2, 0.25) is 0 Å². The molecule has 1 aromatic carbocycles. The third-order valence-electron chi connectivity index (χ3n) is 4.54. The highest BCUT2D eigenvalue weighted by atomic mass is 19.1. The van der Waals surface area contributed by atoms with Crippen molar-refractivity contribution in [1.29, 1.82) is 0 Å². The third kappa shape index (κ3) is 4.41. The Kier molecular flexibility index (Phi) is 5.55. The number of aromatic nitrogens is 2. The molecular formula is C19H21FN4O2. The highest BCUT2D eigenvalue weighted by Gasteiger charge is 2.34. The van der Waals surface area contributed by atoms with Crippen LogP contribution < -0.4 is 10.6 Å². The van der Waals surface area contributed by atoms with Gasteiger partial charge in [-0.2, -0.15) is 0 Å². The molecule has 0 saturated heterocycles. The highest BCUT2D eigenvalue weighted by molar-refractivity contribution is 5.92. The summed E-state index contributed by atoms with van der Waals surface area (Å²) in [5.74, 6) is -1.09. The van der Waals surface area contributed by atoms with Gasteiger partial charge in [0.05, 0.1) is 17.8 Å². The first-order chi connectivity index (χ1) is 12.5. The second-order valence-corrected chi connectivity index (χ2v) is 6.51. The molecule has 0 bridgehead atoms. The van der Waals surface area contributed by atoms with Crippen LogP contribution in [0.5, 0.6) is 0 Å². The maximum atomic E-state index is 13.2. The van der Waals surface area contributed by atoms with Crippen LogP contribution in [0.25, 0.3) is 0 Å². The van der Waals surface area contributed by atoms with E-state index in [-0.39, 0.29) is 41.8 Å². The average molecular weight is 356 g/mol. The van der Waals surface area contributed by atoms with Gasteiger partial charge in [0.2, 0.25) is 5.91 Å². The average Bonchev–Trinajstić information content (AvgIpc) is 3.08. The monoisotopic (exact) mass is 356 g/mol. The van der Waals surface area contributed by atoms with E-state index >= 15 is 0 Å². The smallest absolute Gasteiger partial charge is 0.271 e. The lowest BCUT2D eigenvalue weighted by Crippen LogP contribution is -2.44. The summed E-state index contributed by atoms with van der Waals surface area (Å²) in [6.07, 6.45) is 5.27.